The molecule has 19 heavy (non-hydrogen) atoms. The van der Waals surface area contributed by atoms with Gasteiger partial charge in [0, 0.05) is 19.1 Å². The first-order valence-corrected chi connectivity index (χ1v) is 8.55. The van der Waals surface area contributed by atoms with Gasteiger partial charge in [0.15, 0.2) is 0 Å². The minimum absolute atomic E-state index is 0.508. The van der Waals surface area contributed by atoms with Gasteiger partial charge < -0.3 is 10.2 Å². The predicted octanol–water partition coefficient (Wildman–Crippen LogP) is 3.67. The maximum Gasteiger partial charge on any atom is 0.00683 e. The van der Waals surface area contributed by atoms with Crippen molar-refractivity contribution in [1.82, 2.24) is 10.2 Å². The summed E-state index contributed by atoms with van der Waals surface area (Å²) in [4.78, 5) is 2.71. The van der Waals surface area contributed by atoms with E-state index in [1.54, 1.807) is 0 Å². The lowest BCUT2D eigenvalue weighted by Crippen LogP contribution is -2.34. The molecule has 1 N–H and O–H groups in total. The number of unbranched alkanes of at least 4 members (excludes halogenated alkanes) is 2. The monoisotopic (exact) mass is 266 g/mol. The highest BCUT2D eigenvalue weighted by Gasteiger charge is 2.29. The van der Waals surface area contributed by atoms with Gasteiger partial charge in [-0.1, -0.05) is 40.0 Å². The van der Waals surface area contributed by atoms with Crippen LogP contribution < -0.4 is 5.32 Å². The molecule has 0 bridgehead atoms. The van der Waals surface area contributed by atoms with Gasteiger partial charge in [-0.2, -0.15) is 0 Å². The standard InChI is InChI=1S/C17H34N2/c1-4-5-6-10-17(2,3)14-19-11-9-15(13-19)12-18-16-7-8-16/h15-16,18H,4-14H2,1-3H3. The summed E-state index contributed by atoms with van der Waals surface area (Å²) in [6.45, 7) is 12.4. The van der Waals surface area contributed by atoms with Crippen molar-refractivity contribution >= 4 is 0 Å². The molecule has 1 saturated heterocycles. The van der Waals surface area contributed by atoms with E-state index in [1.165, 1.54) is 71.1 Å². The van der Waals surface area contributed by atoms with Gasteiger partial charge in [-0.05, 0) is 50.1 Å². The van der Waals surface area contributed by atoms with Gasteiger partial charge in [0.2, 0.25) is 0 Å². The van der Waals surface area contributed by atoms with Gasteiger partial charge in [-0.15, -0.1) is 0 Å². The van der Waals surface area contributed by atoms with Crippen molar-refractivity contribution in [1.29, 1.82) is 0 Å². The Balaban J connectivity index is 1.62. The van der Waals surface area contributed by atoms with Crippen LogP contribution in [-0.2, 0) is 0 Å². The quantitative estimate of drug-likeness (QED) is 0.641. The van der Waals surface area contributed by atoms with Crippen molar-refractivity contribution in [2.24, 2.45) is 11.3 Å². The lowest BCUT2D eigenvalue weighted by atomic mass is 9.86. The van der Waals surface area contributed by atoms with Crippen LogP contribution in [0.4, 0.5) is 0 Å². The molecule has 2 fully saturated rings. The molecule has 2 aliphatic rings. The lowest BCUT2D eigenvalue weighted by Gasteiger charge is -2.30. The molecule has 1 atom stereocenters. The minimum atomic E-state index is 0.508. The van der Waals surface area contributed by atoms with Crippen molar-refractivity contribution < 1.29 is 0 Å². The van der Waals surface area contributed by atoms with E-state index >= 15 is 0 Å². The van der Waals surface area contributed by atoms with Crippen molar-refractivity contribution in [3.05, 3.63) is 0 Å². The van der Waals surface area contributed by atoms with Gasteiger partial charge >= 0.3 is 0 Å². The molecule has 0 radical (unpaired) electrons. The Bertz CT molecular complexity index is 258. The first-order valence-electron chi connectivity index (χ1n) is 8.55. The number of hydrogen-bond donors (Lipinski definition) is 1. The molecule has 1 saturated carbocycles. The van der Waals surface area contributed by atoms with Crippen molar-refractivity contribution in [2.45, 2.75) is 71.8 Å². The Morgan fingerprint density at radius 1 is 1.16 bits per heavy atom. The van der Waals surface area contributed by atoms with Crippen LogP contribution in [0.3, 0.4) is 0 Å². The molecule has 0 amide bonds. The maximum atomic E-state index is 3.70. The topological polar surface area (TPSA) is 15.3 Å². The molecule has 0 spiro atoms. The molecule has 2 heteroatoms. The molecular weight excluding hydrogens is 232 g/mol. The van der Waals surface area contributed by atoms with E-state index in [-0.39, 0.29) is 0 Å². The summed E-state index contributed by atoms with van der Waals surface area (Å²) in [5.74, 6) is 0.909. The molecule has 1 aliphatic carbocycles. The highest BCUT2D eigenvalue weighted by atomic mass is 15.2. The third-order valence-electron chi connectivity index (χ3n) is 4.75. The van der Waals surface area contributed by atoms with Crippen LogP contribution in [-0.4, -0.2) is 37.1 Å². The van der Waals surface area contributed by atoms with E-state index in [2.05, 4.69) is 31.0 Å². The number of nitrogens with one attached hydrogen (secondary N) is 1. The first-order chi connectivity index (χ1) is 9.09. The predicted molar refractivity (Wildman–Crippen MR) is 83.5 cm³/mol. The minimum Gasteiger partial charge on any atom is -0.314 e. The normalized spacial score (nSPS) is 25.1. The number of hydrogen-bond acceptors (Lipinski definition) is 2. The molecule has 1 aliphatic heterocycles. The van der Waals surface area contributed by atoms with Crippen LogP contribution in [0.15, 0.2) is 0 Å². The fourth-order valence-corrected chi connectivity index (χ4v) is 3.38. The number of rotatable bonds is 9. The molecule has 0 aromatic carbocycles. The maximum absolute atomic E-state index is 3.70. The molecule has 0 aromatic heterocycles. The van der Waals surface area contributed by atoms with E-state index in [0.717, 1.165) is 12.0 Å². The summed E-state index contributed by atoms with van der Waals surface area (Å²) >= 11 is 0. The molecule has 1 heterocycles. The van der Waals surface area contributed by atoms with Crippen LogP contribution in [0, 0.1) is 11.3 Å². The van der Waals surface area contributed by atoms with Gasteiger partial charge in [-0.3, -0.25) is 0 Å². The van der Waals surface area contributed by atoms with E-state index in [4.69, 9.17) is 0 Å². The van der Waals surface area contributed by atoms with E-state index in [9.17, 15) is 0 Å². The third-order valence-corrected chi connectivity index (χ3v) is 4.75. The van der Waals surface area contributed by atoms with Gasteiger partial charge in [0.05, 0.1) is 0 Å². The SMILES string of the molecule is CCCCCC(C)(C)CN1CCC(CNC2CC2)C1. The van der Waals surface area contributed by atoms with Crippen molar-refractivity contribution in [3.63, 3.8) is 0 Å². The summed E-state index contributed by atoms with van der Waals surface area (Å²) in [7, 11) is 0. The summed E-state index contributed by atoms with van der Waals surface area (Å²) in [5.41, 5.74) is 0.508. The van der Waals surface area contributed by atoms with Crippen LogP contribution >= 0.6 is 0 Å². The molecule has 1 unspecified atom stereocenters. The second-order valence-corrected chi connectivity index (χ2v) is 7.69. The molecule has 112 valence electrons. The average Bonchev–Trinajstić information content (AvgIpc) is 3.08. The average molecular weight is 266 g/mol. The second kappa shape index (κ2) is 7.08. The van der Waals surface area contributed by atoms with Crippen molar-refractivity contribution in [3.8, 4) is 0 Å². The zero-order valence-corrected chi connectivity index (χ0v) is 13.4. The fourth-order valence-electron chi connectivity index (χ4n) is 3.38. The smallest absolute Gasteiger partial charge is 0.00683 e. The van der Waals surface area contributed by atoms with E-state index in [0.29, 0.717) is 5.41 Å². The van der Waals surface area contributed by atoms with Crippen LogP contribution in [0.25, 0.3) is 0 Å². The first kappa shape index (κ1) is 15.3. The van der Waals surface area contributed by atoms with Gasteiger partial charge in [0.1, 0.15) is 0 Å². The number of likely N-dealkylation sites (tertiary alicyclic amines) is 1. The zero-order chi connectivity index (χ0) is 13.7. The van der Waals surface area contributed by atoms with Crippen molar-refractivity contribution in [2.75, 3.05) is 26.2 Å². The van der Waals surface area contributed by atoms with Crippen LogP contribution in [0.2, 0.25) is 0 Å². The largest absolute Gasteiger partial charge is 0.314 e. The Kier molecular flexibility index (Phi) is 5.70. The fraction of sp³-hybridized carbons (Fsp3) is 1.00. The molecule has 2 rings (SSSR count). The summed E-state index contributed by atoms with van der Waals surface area (Å²) < 4.78 is 0. The van der Waals surface area contributed by atoms with Gasteiger partial charge in [0.25, 0.3) is 0 Å². The summed E-state index contributed by atoms with van der Waals surface area (Å²) in [5, 5.41) is 3.70. The third kappa shape index (κ3) is 5.83. The van der Waals surface area contributed by atoms with Crippen LogP contribution in [0.5, 0.6) is 0 Å². The molecule has 2 nitrogen and oxygen atoms in total. The number of nitrogens with zero attached hydrogens (tertiary/aromatic N) is 1. The second-order valence-electron chi connectivity index (χ2n) is 7.69. The Hall–Kier alpha value is -0.0800. The van der Waals surface area contributed by atoms with E-state index < -0.39 is 0 Å². The molecular formula is C17H34N2. The lowest BCUT2D eigenvalue weighted by molar-refractivity contribution is 0.188. The highest BCUT2D eigenvalue weighted by molar-refractivity contribution is 4.86. The highest BCUT2D eigenvalue weighted by Crippen LogP contribution is 2.28. The van der Waals surface area contributed by atoms with Crippen LogP contribution in [0.1, 0.15) is 65.7 Å². The summed E-state index contributed by atoms with van der Waals surface area (Å²) in [6.07, 6.45) is 9.78. The van der Waals surface area contributed by atoms with E-state index in [1.807, 2.05) is 0 Å². The molecule has 0 aromatic rings. The Morgan fingerprint density at radius 3 is 2.63 bits per heavy atom. The summed E-state index contributed by atoms with van der Waals surface area (Å²) in [6, 6.07) is 0.875. The zero-order valence-electron chi connectivity index (χ0n) is 13.4. The Labute approximate surface area is 120 Å². The van der Waals surface area contributed by atoms with Gasteiger partial charge in [-0.25, -0.2) is 0 Å². The Morgan fingerprint density at radius 2 is 1.95 bits per heavy atom.